The predicted octanol–water partition coefficient (Wildman–Crippen LogP) is 1.85. The average Bonchev–Trinajstić information content (AvgIpc) is 2.70. The van der Waals surface area contributed by atoms with Gasteiger partial charge in [0.2, 0.25) is 0 Å². The van der Waals surface area contributed by atoms with E-state index < -0.39 is 0 Å². The number of nitrogens with zero attached hydrogens (tertiary/aromatic N) is 3. The Morgan fingerprint density at radius 2 is 2.29 bits per heavy atom. The Morgan fingerprint density at radius 3 is 2.93 bits per heavy atom. The standard InChI is InChI=1S/C9H10N4S/c1-7-2-3-8(4-10-7)5-11-9-6-12-13-14-9/h2-4,6,11H,5H2,1H3. The molecule has 2 aromatic heterocycles. The third-order valence-electron chi connectivity index (χ3n) is 1.80. The number of rotatable bonds is 3. The largest absolute Gasteiger partial charge is 0.370 e. The smallest absolute Gasteiger partial charge is 0.130 e. The molecular formula is C9H10N4S. The van der Waals surface area contributed by atoms with Crippen LogP contribution in [-0.4, -0.2) is 14.6 Å². The summed E-state index contributed by atoms with van der Waals surface area (Å²) in [5.41, 5.74) is 2.19. The quantitative estimate of drug-likeness (QED) is 0.832. The van der Waals surface area contributed by atoms with Crippen LogP contribution >= 0.6 is 11.5 Å². The summed E-state index contributed by atoms with van der Waals surface area (Å²) in [4.78, 5) is 4.21. The van der Waals surface area contributed by atoms with E-state index in [4.69, 9.17) is 0 Å². The van der Waals surface area contributed by atoms with E-state index >= 15 is 0 Å². The van der Waals surface area contributed by atoms with Crippen LogP contribution in [0, 0.1) is 6.92 Å². The minimum Gasteiger partial charge on any atom is -0.370 e. The van der Waals surface area contributed by atoms with Crippen LogP contribution in [0.25, 0.3) is 0 Å². The summed E-state index contributed by atoms with van der Waals surface area (Å²) >= 11 is 1.35. The van der Waals surface area contributed by atoms with Crippen molar-refractivity contribution >= 4 is 16.5 Å². The van der Waals surface area contributed by atoms with Crippen molar-refractivity contribution in [3.05, 3.63) is 35.8 Å². The number of anilines is 1. The first kappa shape index (κ1) is 9.08. The molecule has 0 aliphatic rings. The van der Waals surface area contributed by atoms with Gasteiger partial charge in [0.25, 0.3) is 0 Å². The number of nitrogens with one attached hydrogen (secondary N) is 1. The minimum atomic E-state index is 0.761. The predicted molar refractivity (Wildman–Crippen MR) is 56.2 cm³/mol. The first-order chi connectivity index (χ1) is 6.84. The van der Waals surface area contributed by atoms with Crippen molar-refractivity contribution in [2.24, 2.45) is 0 Å². The molecule has 2 aromatic rings. The molecule has 0 aliphatic heterocycles. The molecule has 0 bridgehead atoms. The maximum atomic E-state index is 4.21. The van der Waals surface area contributed by atoms with Gasteiger partial charge in [-0.05, 0) is 18.6 Å². The van der Waals surface area contributed by atoms with E-state index in [9.17, 15) is 0 Å². The molecule has 0 aromatic carbocycles. The molecule has 4 nitrogen and oxygen atoms in total. The molecule has 2 rings (SSSR count). The van der Waals surface area contributed by atoms with Crippen molar-refractivity contribution in [3.8, 4) is 0 Å². The molecule has 0 atom stereocenters. The maximum absolute atomic E-state index is 4.21. The van der Waals surface area contributed by atoms with Gasteiger partial charge in [0.1, 0.15) is 5.00 Å². The van der Waals surface area contributed by atoms with Crippen molar-refractivity contribution in [3.63, 3.8) is 0 Å². The third-order valence-corrected chi connectivity index (χ3v) is 2.42. The Morgan fingerprint density at radius 1 is 1.36 bits per heavy atom. The molecular weight excluding hydrogens is 196 g/mol. The Hall–Kier alpha value is -1.49. The lowest BCUT2D eigenvalue weighted by atomic mass is 10.2. The molecule has 0 fully saturated rings. The molecule has 2 heterocycles. The number of hydrogen-bond acceptors (Lipinski definition) is 5. The first-order valence-electron chi connectivity index (χ1n) is 4.27. The van der Waals surface area contributed by atoms with Crippen LogP contribution in [0.5, 0.6) is 0 Å². The third kappa shape index (κ3) is 2.26. The van der Waals surface area contributed by atoms with E-state index in [1.54, 1.807) is 6.20 Å². The summed E-state index contributed by atoms with van der Waals surface area (Å²) in [7, 11) is 0. The zero-order valence-electron chi connectivity index (χ0n) is 7.77. The van der Waals surface area contributed by atoms with Crippen LogP contribution < -0.4 is 5.32 Å². The van der Waals surface area contributed by atoms with Crippen molar-refractivity contribution in [1.29, 1.82) is 0 Å². The molecule has 0 radical (unpaired) electrons. The van der Waals surface area contributed by atoms with E-state index in [0.29, 0.717) is 0 Å². The van der Waals surface area contributed by atoms with Crippen molar-refractivity contribution in [2.45, 2.75) is 13.5 Å². The number of aryl methyl sites for hydroxylation is 1. The Bertz CT molecular complexity index is 382. The summed E-state index contributed by atoms with van der Waals surface area (Å²) in [5, 5.41) is 7.93. The van der Waals surface area contributed by atoms with Gasteiger partial charge in [-0.1, -0.05) is 10.6 Å². The zero-order chi connectivity index (χ0) is 9.80. The van der Waals surface area contributed by atoms with Crippen LogP contribution in [0.1, 0.15) is 11.3 Å². The molecule has 14 heavy (non-hydrogen) atoms. The fourth-order valence-corrected chi connectivity index (χ4v) is 1.45. The van der Waals surface area contributed by atoms with Gasteiger partial charge in [-0.25, -0.2) is 0 Å². The van der Waals surface area contributed by atoms with Crippen molar-refractivity contribution in [2.75, 3.05) is 5.32 Å². The summed E-state index contributed by atoms with van der Waals surface area (Å²) in [6, 6.07) is 4.06. The topological polar surface area (TPSA) is 50.7 Å². The van der Waals surface area contributed by atoms with Gasteiger partial charge >= 0.3 is 0 Å². The summed E-state index contributed by atoms with van der Waals surface area (Å²) in [6.07, 6.45) is 3.59. The minimum absolute atomic E-state index is 0.761. The summed E-state index contributed by atoms with van der Waals surface area (Å²) in [5.74, 6) is 0. The fraction of sp³-hybridized carbons (Fsp3) is 0.222. The molecule has 72 valence electrons. The van der Waals surface area contributed by atoms with Gasteiger partial charge in [-0.3, -0.25) is 4.98 Å². The highest BCUT2D eigenvalue weighted by atomic mass is 32.1. The normalized spacial score (nSPS) is 10.1. The van der Waals surface area contributed by atoms with Gasteiger partial charge < -0.3 is 5.32 Å². The second kappa shape index (κ2) is 4.15. The van der Waals surface area contributed by atoms with Gasteiger partial charge in [-0.2, -0.15) is 0 Å². The SMILES string of the molecule is Cc1ccc(CNc2cnns2)cn1. The molecule has 5 heteroatoms. The molecule has 1 N–H and O–H groups in total. The molecule has 0 aliphatic carbocycles. The zero-order valence-corrected chi connectivity index (χ0v) is 8.58. The van der Waals surface area contributed by atoms with Crippen LogP contribution in [0.3, 0.4) is 0 Å². The van der Waals surface area contributed by atoms with Crippen molar-refractivity contribution < 1.29 is 0 Å². The highest BCUT2D eigenvalue weighted by Crippen LogP contribution is 2.10. The second-order valence-electron chi connectivity index (χ2n) is 2.94. The monoisotopic (exact) mass is 206 g/mol. The lowest BCUT2D eigenvalue weighted by Gasteiger charge is -2.01. The second-order valence-corrected chi connectivity index (χ2v) is 3.73. The Balaban J connectivity index is 1.95. The number of hydrogen-bond donors (Lipinski definition) is 1. The lowest BCUT2D eigenvalue weighted by molar-refractivity contribution is 1.09. The fourth-order valence-electron chi connectivity index (χ4n) is 1.04. The molecule has 0 spiro atoms. The summed E-state index contributed by atoms with van der Waals surface area (Å²) < 4.78 is 3.76. The molecule has 0 saturated heterocycles. The van der Waals surface area contributed by atoms with Gasteiger partial charge in [-0.15, -0.1) is 5.10 Å². The van der Waals surface area contributed by atoms with E-state index in [2.05, 4.69) is 26.0 Å². The highest BCUT2D eigenvalue weighted by Gasteiger charge is 1.96. The Labute approximate surface area is 86.2 Å². The van der Waals surface area contributed by atoms with Crippen LogP contribution in [-0.2, 0) is 6.54 Å². The highest BCUT2D eigenvalue weighted by molar-refractivity contribution is 7.09. The Kier molecular flexibility index (Phi) is 2.69. The van der Waals surface area contributed by atoms with E-state index in [1.165, 1.54) is 11.5 Å². The number of pyridine rings is 1. The molecule has 0 saturated carbocycles. The van der Waals surface area contributed by atoms with Crippen LogP contribution in [0.15, 0.2) is 24.5 Å². The molecule has 0 unspecified atom stereocenters. The molecule has 0 amide bonds. The van der Waals surface area contributed by atoms with E-state index in [1.807, 2.05) is 19.2 Å². The maximum Gasteiger partial charge on any atom is 0.130 e. The van der Waals surface area contributed by atoms with Gasteiger partial charge in [0, 0.05) is 30.0 Å². The average molecular weight is 206 g/mol. The van der Waals surface area contributed by atoms with E-state index in [-0.39, 0.29) is 0 Å². The summed E-state index contributed by atoms with van der Waals surface area (Å²) in [6.45, 7) is 2.74. The van der Waals surface area contributed by atoms with E-state index in [0.717, 1.165) is 22.8 Å². The van der Waals surface area contributed by atoms with Crippen molar-refractivity contribution in [1.82, 2.24) is 14.6 Å². The van der Waals surface area contributed by atoms with Gasteiger partial charge in [0.15, 0.2) is 0 Å². The lowest BCUT2D eigenvalue weighted by Crippen LogP contribution is -1.98. The van der Waals surface area contributed by atoms with Crippen LogP contribution in [0.4, 0.5) is 5.00 Å². The first-order valence-corrected chi connectivity index (χ1v) is 5.05. The van der Waals surface area contributed by atoms with Gasteiger partial charge in [0.05, 0.1) is 6.20 Å². The number of aromatic nitrogens is 3. The van der Waals surface area contributed by atoms with Crippen LogP contribution in [0.2, 0.25) is 0 Å².